The number of nitriles is 1. The van der Waals surface area contributed by atoms with Crippen LogP contribution < -0.4 is 9.47 Å². The average molecular weight is 315 g/mol. The molecule has 0 fully saturated rings. The van der Waals surface area contributed by atoms with E-state index in [2.05, 4.69) is 5.16 Å². The van der Waals surface area contributed by atoms with Gasteiger partial charge in [0.1, 0.15) is 6.07 Å². The van der Waals surface area contributed by atoms with Gasteiger partial charge in [0.15, 0.2) is 23.8 Å². The Morgan fingerprint density at radius 2 is 2.22 bits per heavy atom. The van der Waals surface area contributed by atoms with E-state index < -0.39 is 4.92 Å². The quantitative estimate of drug-likeness (QED) is 0.595. The van der Waals surface area contributed by atoms with Crippen LogP contribution in [0.5, 0.6) is 11.5 Å². The molecule has 1 heterocycles. The zero-order valence-corrected chi connectivity index (χ0v) is 12.5. The van der Waals surface area contributed by atoms with Crippen LogP contribution in [0.4, 0.5) is 5.69 Å². The highest BCUT2D eigenvalue weighted by atomic mass is 16.6. The molecule has 2 aromatic rings. The fourth-order valence-electron chi connectivity index (χ4n) is 1.90. The predicted molar refractivity (Wildman–Crippen MR) is 80.9 cm³/mol. The Morgan fingerprint density at radius 1 is 1.43 bits per heavy atom. The normalized spacial score (nSPS) is 10.5. The van der Waals surface area contributed by atoms with E-state index in [1.54, 1.807) is 24.3 Å². The van der Waals surface area contributed by atoms with Gasteiger partial charge in [0.2, 0.25) is 5.76 Å². The third kappa shape index (κ3) is 3.65. The van der Waals surface area contributed by atoms with Gasteiger partial charge in [0, 0.05) is 0 Å². The molecule has 0 atom stereocenters. The van der Waals surface area contributed by atoms with Gasteiger partial charge in [0.05, 0.1) is 12.0 Å². The van der Waals surface area contributed by atoms with E-state index >= 15 is 0 Å². The van der Waals surface area contributed by atoms with Crippen molar-refractivity contribution in [1.82, 2.24) is 5.16 Å². The largest absolute Gasteiger partial charge is 0.493 e. The Hall–Kier alpha value is -3.34. The van der Waals surface area contributed by atoms with Crippen LogP contribution in [0.2, 0.25) is 0 Å². The van der Waals surface area contributed by atoms with Crippen LogP contribution >= 0.6 is 0 Å². The van der Waals surface area contributed by atoms with Crippen molar-refractivity contribution in [3.05, 3.63) is 45.3 Å². The number of nitrogens with zero attached hydrogens (tertiary/aromatic N) is 3. The molecule has 1 aromatic heterocycles. The minimum absolute atomic E-state index is 0.0660. The summed E-state index contributed by atoms with van der Waals surface area (Å²) >= 11 is 0. The van der Waals surface area contributed by atoms with E-state index in [9.17, 15) is 10.1 Å². The van der Waals surface area contributed by atoms with Crippen molar-refractivity contribution in [3.8, 4) is 17.6 Å². The Balaban J connectivity index is 2.27. The van der Waals surface area contributed by atoms with E-state index in [1.807, 2.05) is 6.07 Å². The lowest BCUT2D eigenvalue weighted by Gasteiger charge is -2.08. The zero-order valence-electron chi connectivity index (χ0n) is 12.5. The number of benzene rings is 1. The number of methoxy groups -OCH3 is 1. The summed E-state index contributed by atoms with van der Waals surface area (Å²) in [5, 5.41) is 23.1. The molecule has 8 nitrogen and oxygen atoms in total. The number of ether oxygens (including phenoxy) is 2. The molecule has 0 radical (unpaired) electrons. The molecule has 0 spiro atoms. The van der Waals surface area contributed by atoms with Crippen LogP contribution in [-0.4, -0.2) is 23.8 Å². The van der Waals surface area contributed by atoms with Gasteiger partial charge in [-0.25, -0.2) is 0 Å². The molecule has 0 saturated carbocycles. The SMILES string of the molecule is COc1cc(/C=C/c2onc(C)c2[N+](=O)[O-])ccc1OCC#N. The lowest BCUT2D eigenvalue weighted by molar-refractivity contribution is -0.386. The molecule has 0 aliphatic heterocycles. The molecule has 0 bridgehead atoms. The van der Waals surface area contributed by atoms with Crippen LogP contribution in [0.15, 0.2) is 22.7 Å². The molecule has 0 aliphatic carbocycles. The first-order valence-corrected chi connectivity index (χ1v) is 6.53. The summed E-state index contributed by atoms with van der Waals surface area (Å²) in [6.45, 7) is 1.42. The standard InChI is InChI=1S/C15H13N3O5/c1-10-15(18(19)20)13(23-17-10)6-4-11-3-5-12(22-8-7-16)14(9-11)21-2/h3-6,9H,8H2,1-2H3/b6-4+. The average Bonchev–Trinajstić information content (AvgIpc) is 2.92. The van der Waals surface area contributed by atoms with Crippen molar-refractivity contribution < 1.29 is 18.9 Å². The van der Waals surface area contributed by atoms with Crippen molar-refractivity contribution in [2.45, 2.75) is 6.92 Å². The molecule has 0 N–H and O–H groups in total. The summed E-state index contributed by atoms with van der Waals surface area (Å²) in [5.74, 6) is 0.953. The molecule has 0 unspecified atom stereocenters. The second kappa shape index (κ2) is 7.09. The first-order valence-electron chi connectivity index (χ1n) is 6.53. The fraction of sp³-hybridized carbons (Fsp3) is 0.200. The summed E-state index contributed by atoms with van der Waals surface area (Å²) < 4.78 is 15.4. The smallest absolute Gasteiger partial charge is 0.338 e. The van der Waals surface area contributed by atoms with Gasteiger partial charge < -0.3 is 14.0 Å². The number of nitro groups is 1. The maximum Gasteiger partial charge on any atom is 0.338 e. The number of hydrogen-bond donors (Lipinski definition) is 0. The summed E-state index contributed by atoms with van der Waals surface area (Å²) in [6, 6.07) is 6.92. The summed E-state index contributed by atoms with van der Waals surface area (Å²) in [4.78, 5) is 10.4. The third-order valence-electron chi connectivity index (χ3n) is 2.95. The van der Waals surface area contributed by atoms with E-state index in [4.69, 9.17) is 19.3 Å². The molecule has 8 heteroatoms. The first-order chi connectivity index (χ1) is 11.1. The van der Waals surface area contributed by atoms with E-state index in [0.29, 0.717) is 11.5 Å². The minimum atomic E-state index is -0.537. The van der Waals surface area contributed by atoms with E-state index in [-0.39, 0.29) is 23.7 Å². The number of rotatable bonds is 6. The summed E-state index contributed by atoms with van der Waals surface area (Å²) in [6.07, 6.45) is 3.09. The second-order valence-electron chi connectivity index (χ2n) is 4.43. The Labute approximate surface area is 131 Å². The molecular formula is C15H13N3O5. The van der Waals surface area contributed by atoms with Crippen LogP contribution in [0.3, 0.4) is 0 Å². The lowest BCUT2D eigenvalue weighted by Crippen LogP contribution is -1.96. The highest BCUT2D eigenvalue weighted by Gasteiger charge is 2.21. The van der Waals surface area contributed by atoms with Gasteiger partial charge in [-0.05, 0) is 30.7 Å². The topological polar surface area (TPSA) is 111 Å². The molecule has 0 aliphatic rings. The maximum atomic E-state index is 11.0. The molecule has 0 amide bonds. The maximum absolute atomic E-state index is 11.0. The predicted octanol–water partition coefficient (Wildman–Crippen LogP) is 2.97. The number of hydrogen-bond acceptors (Lipinski definition) is 7. The van der Waals surface area contributed by atoms with Gasteiger partial charge >= 0.3 is 5.69 Å². The van der Waals surface area contributed by atoms with Crippen molar-refractivity contribution >= 4 is 17.8 Å². The molecular weight excluding hydrogens is 302 g/mol. The summed E-state index contributed by atoms with van der Waals surface area (Å²) in [7, 11) is 1.48. The molecule has 2 rings (SSSR count). The molecule has 1 aromatic carbocycles. The van der Waals surface area contributed by atoms with Crippen molar-refractivity contribution in [2.75, 3.05) is 13.7 Å². The van der Waals surface area contributed by atoms with Crippen molar-refractivity contribution in [3.63, 3.8) is 0 Å². The fourth-order valence-corrected chi connectivity index (χ4v) is 1.90. The van der Waals surface area contributed by atoms with Crippen LogP contribution in [-0.2, 0) is 0 Å². The van der Waals surface area contributed by atoms with Crippen LogP contribution in [0.25, 0.3) is 12.2 Å². The summed E-state index contributed by atoms with van der Waals surface area (Å²) in [5.41, 5.74) is 0.768. The third-order valence-corrected chi connectivity index (χ3v) is 2.95. The van der Waals surface area contributed by atoms with E-state index in [0.717, 1.165) is 5.56 Å². The number of aryl methyl sites for hydroxylation is 1. The Kier molecular flexibility index (Phi) is 4.94. The Bertz CT molecular complexity index is 789. The highest BCUT2D eigenvalue weighted by Crippen LogP contribution is 2.29. The van der Waals surface area contributed by atoms with Gasteiger partial charge in [-0.2, -0.15) is 5.26 Å². The Morgan fingerprint density at radius 3 is 2.87 bits per heavy atom. The van der Waals surface area contributed by atoms with E-state index in [1.165, 1.54) is 20.1 Å². The van der Waals surface area contributed by atoms with Crippen LogP contribution in [0.1, 0.15) is 17.0 Å². The van der Waals surface area contributed by atoms with Gasteiger partial charge in [-0.3, -0.25) is 10.1 Å². The number of aromatic nitrogens is 1. The monoisotopic (exact) mass is 315 g/mol. The second-order valence-corrected chi connectivity index (χ2v) is 4.43. The van der Waals surface area contributed by atoms with Crippen molar-refractivity contribution in [1.29, 1.82) is 5.26 Å². The van der Waals surface area contributed by atoms with Crippen molar-refractivity contribution in [2.24, 2.45) is 0 Å². The van der Waals surface area contributed by atoms with Gasteiger partial charge in [-0.1, -0.05) is 17.3 Å². The first kappa shape index (κ1) is 16.0. The molecule has 23 heavy (non-hydrogen) atoms. The minimum Gasteiger partial charge on any atom is -0.493 e. The molecule has 118 valence electrons. The van der Waals surface area contributed by atoms with Gasteiger partial charge in [0.25, 0.3) is 0 Å². The van der Waals surface area contributed by atoms with Gasteiger partial charge in [-0.15, -0.1) is 0 Å². The molecule has 0 saturated heterocycles. The highest BCUT2D eigenvalue weighted by molar-refractivity contribution is 5.72. The lowest BCUT2D eigenvalue weighted by atomic mass is 10.1. The van der Waals surface area contributed by atoms with Crippen LogP contribution in [0, 0.1) is 28.4 Å². The zero-order chi connectivity index (χ0) is 16.8.